The fourth-order valence-electron chi connectivity index (χ4n) is 6.35. The van der Waals surface area contributed by atoms with Crippen LogP contribution >= 0.6 is 0 Å². The van der Waals surface area contributed by atoms with E-state index in [1.807, 2.05) is 0 Å². The number of unbranched alkanes of at least 4 members (excludes halogenated alkanes) is 19. The zero-order valence-corrected chi connectivity index (χ0v) is 31.7. The minimum Gasteiger partial charge on any atom is -0.394 e. The van der Waals surface area contributed by atoms with Crippen molar-refractivity contribution in [1.29, 1.82) is 0 Å². The highest BCUT2D eigenvalue weighted by molar-refractivity contribution is 7.80. The Morgan fingerprint density at radius 2 is 1.16 bits per heavy atom. The summed E-state index contributed by atoms with van der Waals surface area (Å²) in [6.45, 7) is 3.21. The molecule has 1 heterocycles. The molecule has 50 heavy (non-hydrogen) atoms. The number of hydrogen-bond acceptors (Lipinski definition) is 11. The lowest BCUT2D eigenvalue weighted by Crippen LogP contribution is -2.61. The smallest absolute Gasteiger partial charge is 0.394 e. The van der Waals surface area contributed by atoms with Crippen molar-refractivity contribution in [2.24, 2.45) is 0 Å². The summed E-state index contributed by atoms with van der Waals surface area (Å²) in [5.41, 5.74) is 0. The van der Waals surface area contributed by atoms with Crippen LogP contribution in [0.2, 0.25) is 0 Å². The number of rotatable bonds is 32. The lowest BCUT2D eigenvalue weighted by molar-refractivity contribution is -0.298. The largest absolute Gasteiger partial charge is 0.397 e. The van der Waals surface area contributed by atoms with Gasteiger partial charge in [0.25, 0.3) is 0 Å². The Kier molecular flexibility index (Phi) is 26.9. The Hall–Kier alpha value is -0.940. The van der Waals surface area contributed by atoms with Crippen LogP contribution in [0.1, 0.15) is 162 Å². The first kappa shape index (κ1) is 47.1. The summed E-state index contributed by atoms with van der Waals surface area (Å²) in [4.78, 5) is 13.0. The van der Waals surface area contributed by atoms with Gasteiger partial charge in [-0.25, -0.2) is 4.18 Å². The molecule has 0 aromatic rings. The molecule has 0 aromatic carbocycles. The van der Waals surface area contributed by atoms with Gasteiger partial charge in [0.1, 0.15) is 30.5 Å². The SMILES string of the molecule is CCCCCCCCCCCCCC(O)C(=O)NC(COC1OC(CO)C(O)C(OS(=O)(=O)O)C1O)C(O)CCCCCCCCCCCC. The molecule has 0 aromatic heterocycles. The predicted octanol–water partition coefficient (Wildman–Crippen LogP) is 4.85. The van der Waals surface area contributed by atoms with Gasteiger partial charge in [0.05, 0.1) is 25.4 Å². The van der Waals surface area contributed by atoms with Crippen LogP contribution in [0.15, 0.2) is 0 Å². The maximum atomic E-state index is 13.0. The summed E-state index contributed by atoms with van der Waals surface area (Å²) in [7, 11) is -5.10. The van der Waals surface area contributed by atoms with Crippen LogP contribution in [0.4, 0.5) is 0 Å². The first-order valence-corrected chi connectivity index (χ1v) is 20.9. The Bertz CT molecular complexity index is 942. The minimum atomic E-state index is -5.10. The number of carbonyl (C=O) groups excluding carboxylic acids is 1. The third kappa shape index (κ3) is 21.6. The molecular weight excluding hydrogens is 670 g/mol. The maximum Gasteiger partial charge on any atom is 0.397 e. The summed E-state index contributed by atoms with van der Waals surface area (Å²) in [5.74, 6) is -0.672. The van der Waals surface area contributed by atoms with Crippen LogP contribution in [0.3, 0.4) is 0 Å². The summed E-state index contributed by atoms with van der Waals surface area (Å²) in [6, 6.07) is -1.02. The van der Waals surface area contributed by atoms with E-state index in [4.69, 9.17) is 14.0 Å². The molecule has 8 atom stereocenters. The molecule has 0 aliphatic carbocycles. The summed E-state index contributed by atoms with van der Waals surface area (Å²) < 4.78 is 47.3. The van der Waals surface area contributed by atoms with Crippen molar-refractivity contribution in [1.82, 2.24) is 5.32 Å². The zero-order valence-electron chi connectivity index (χ0n) is 30.8. The molecule has 1 aliphatic heterocycles. The van der Waals surface area contributed by atoms with Gasteiger partial charge in [0, 0.05) is 0 Å². The highest BCUT2D eigenvalue weighted by atomic mass is 32.3. The summed E-state index contributed by atoms with van der Waals surface area (Å²) in [6.07, 6.45) is 13.2. The van der Waals surface area contributed by atoms with Gasteiger partial charge in [-0.2, -0.15) is 8.42 Å². The molecule has 298 valence electrons. The van der Waals surface area contributed by atoms with Crippen LogP contribution in [0, 0.1) is 0 Å². The van der Waals surface area contributed by atoms with E-state index < -0.39 is 78.5 Å². The van der Waals surface area contributed by atoms with Gasteiger partial charge in [0.2, 0.25) is 5.91 Å². The molecule has 7 N–H and O–H groups in total. The monoisotopic (exact) mass is 741 g/mol. The van der Waals surface area contributed by atoms with Gasteiger partial charge >= 0.3 is 10.4 Å². The summed E-state index contributed by atoms with van der Waals surface area (Å²) in [5, 5.41) is 54.9. The molecule has 13 nitrogen and oxygen atoms in total. The van der Waals surface area contributed by atoms with E-state index in [1.165, 1.54) is 83.5 Å². The zero-order chi connectivity index (χ0) is 37.2. The van der Waals surface area contributed by atoms with Gasteiger partial charge in [-0.1, -0.05) is 149 Å². The fourth-order valence-corrected chi connectivity index (χ4v) is 6.85. The lowest BCUT2D eigenvalue weighted by Gasteiger charge is -2.41. The molecular formula is C36H71NO12S. The van der Waals surface area contributed by atoms with E-state index >= 15 is 0 Å². The maximum absolute atomic E-state index is 13.0. The number of carbonyl (C=O) groups is 1. The molecule has 1 rings (SSSR count). The van der Waals surface area contributed by atoms with Crippen LogP contribution in [0.5, 0.6) is 0 Å². The first-order valence-electron chi connectivity index (χ1n) is 19.5. The Morgan fingerprint density at radius 1 is 0.720 bits per heavy atom. The van der Waals surface area contributed by atoms with Gasteiger partial charge in [-0.3, -0.25) is 9.35 Å². The molecule has 1 saturated heterocycles. The van der Waals surface area contributed by atoms with E-state index in [9.17, 15) is 38.7 Å². The van der Waals surface area contributed by atoms with Gasteiger partial charge in [0.15, 0.2) is 6.29 Å². The van der Waals surface area contributed by atoms with Gasteiger partial charge in [-0.15, -0.1) is 0 Å². The molecule has 0 radical (unpaired) electrons. The van der Waals surface area contributed by atoms with Crippen molar-refractivity contribution in [3.8, 4) is 0 Å². The lowest BCUT2D eigenvalue weighted by atomic mass is 9.99. The van der Waals surface area contributed by atoms with E-state index in [0.717, 1.165) is 38.5 Å². The summed E-state index contributed by atoms with van der Waals surface area (Å²) >= 11 is 0. The van der Waals surface area contributed by atoms with Crippen molar-refractivity contribution in [3.05, 3.63) is 0 Å². The van der Waals surface area contributed by atoms with E-state index in [1.54, 1.807) is 0 Å². The Balaban J connectivity index is 2.68. The number of amides is 1. The number of nitrogens with one attached hydrogen (secondary N) is 1. The highest BCUT2D eigenvalue weighted by Gasteiger charge is 2.48. The average molecular weight is 742 g/mol. The molecule has 1 aliphatic rings. The molecule has 0 saturated carbocycles. The number of aliphatic hydroxyl groups excluding tert-OH is 5. The van der Waals surface area contributed by atoms with Crippen LogP contribution in [-0.2, 0) is 28.9 Å². The molecule has 0 spiro atoms. The average Bonchev–Trinajstić information content (AvgIpc) is 3.08. The normalized spacial score (nSPS) is 23.1. The van der Waals surface area contributed by atoms with Crippen molar-refractivity contribution in [2.75, 3.05) is 13.2 Å². The quantitative estimate of drug-likeness (QED) is 0.0364. The van der Waals surface area contributed by atoms with Gasteiger partial charge in [-0.05, 0) is 12.8 Å². The van der Waals surface area contributed by atoms with Gasteiger partial charge < -0.3 is 40.3 Å². The molecule has 0 bridgehead atoms. The third-order valence-corrected chi connectivity index (χ3v) is 9.99. The number of aliphatic hydroxyl groups is 5. The molecule has 14 heteroatoms. The van der Waals surface area contributed by atoms with E-state index in [2.05, 4.69) is 23.3 Å². The minimum absolute atomic E-state index is 0.264. The standard InChI is InChI=1S/C36H71NO12S/c1-3-5-7-9-11-13-15-17-19-21-23-25-30(40)35(43)37-28(29(39)24-22-20-18-16-14-12-10-8-6-4-2)27-47-36-33(42)34(49-50(44,45)46)32(41)31(26-38)48-36/h28-34,36,38-42H,3-27H2,1-2H3,(H,37,43)(H,44,45,46). The molecule has 8 unspecified atom stereocenters. The Morgan fingerprint density at radius 3 is 1.60 bits per heavy atom. The van der Waals surface area contributed by atoms with Crippen molar-refractivity contribution in [3.63, 3.8) is 0 Å². The number of ether oxygens (including phenoxy) is 2. The van der Waals surface area contributed by atoms with Crippen LogP contribution in [-0.4, -0.2) is 107 Å². The second-order valence-electron chi connectivity index (χ2n) is 14.0. The van der Waals surface area contributed by atoms with Crippen LogP contribution in [0.25, 0.3) is 0 Å². The topological polar surface area (TPSA) is 212 Å². The van der Waals surface area contributed by atoms with Crippen molar-refractivity contribution < 1.29 is 57.0 Å². The van der Waals surface area contributed by atoms with E-state index in [-0.39, 0.29) is 6.42 Å². The molecule has 1 fully saturated rings. The van der Waals surface area contributed by atoms with Crippen molar-refractivity contribution >= 4 is 16.3 Å². The van der Waals surface area contributed by atoms with Crippen LogP contribution < -0.4 is 5.32 Å². The van der Waals surface area contributed by atoms with E-state index in [0.29, 0.717) is 19.3 Å². The predicted molar refractivity (Wildman–Crippen MR) is 192 cm³/mol. The first-order chi connectivity index (χ1) is 23.9. The van der Waals surface area contributed by atoms with Crippen molar-refractivity contribution in [2.45, 2.75) is 210 Å². The number of hydrogen-bond donors (Lipinski definition) is 7. The highest BCUT2D eigenvalue weighted by Crippen LogP contribution is 2.26. The second kappa shape index (κ2) is 28.5. The fraction of sp³-hybridized carbons (Fsp3) is 0.972. The third-order valence-electron chi connectivity index (χ3n) is 9.52. The Labute approximate surface area is 301 Å². The molecule has 1 amide bonds. The second-order valence-corrected chi connectivity index (χ2v) is 15.1.